The molecule has 5 fully saturated rings. The molecule has 3 aromatic rings. The van der Waals surface area contributed by atoms with E-state index in [0.717, 1.165) is 61.2 Å². The third kappa shape index (κ3) is 3.41. The van der Waals surface area contributed by atoms with Crippen LogP contribution in [0.4, 0.5) is 5.69 Å². The van der Waals surface area contributed by atoms with Gasteiger partial charge in [-0.3, -0.25) is 4.90 Å². The Kier molecular flexibility index (Phi) is 5.08. The molecule has 2 aliphatic heterocycles. The van der Waals surface area contributed by atoms with E-state index < -0.39 is 0 Å². The molecule has 5 aliphatic rings. The summed E-state index contributed by atoms with van der Waals surface area (Å²) in [5, 5.41) is 4.46. The van der Waals surface area contributed by atoms with E-state index >= 15 is 0 Å². The Hall–Kier alpha value is -2.85. The molecule has 0 aromatic carbocycles. The highest BCUT2D eigenvalue weighted by molar-refractivity contribution is 5.46. The largest absolute Gasteiger partial charge is 0.485 e. The maximum atomic E-state index is 6.46. The fourth-order valence-corrected chi connectivity index (χ4v) is 7.39. The van der Waals surface area contributed by atoms with Gasteiger partial charge in [-0.15, -0.1) is 5.10 Å². The van der Waals surface area contributed by atoms with Gasteiger partial charge in [-0.05, 0) is 44.9 Å². The van der Waals surface area contributed by atoms with Crippen LogP contribution >= 0.6 is 0 Å². The quantitative estimate of drug-likeness (QED) is 0.481. The molecule has 0 unspecified atom stereocenters. The number of rotatable bonds is 7. The monoisotopic (exact) mass is 504 g/mol. The predicted octanol–water partition coefficient (Wildman–Crippen LogP) is 2.50. The van der Waals surface area contributed by atoms with Crippen molar-refractivity contribution < 1.29 is 9.47 Å². The van der Waals surface area contributed by atoms with Gasteiger partial charge >= 0.3 is 0 Å². The molecule has 0 spiro atoms. The minimum absolute atomic E-state index is 0.0812. The van der Waals surface area contributed by atoms with Gasteiger partial charge in [-0.1, -0.05) is 6.92 Å². The highest BCUT2D eigenvalue weighted by Crippen LogP contribution is 2.76. The van der Waals surface area contributed by atoms with E-state index in [1.807, 2.05) is 40.3 Å². The topological polar surface area (TPSA) is 93.8 Å². The summed E-state index contributed by atoms with van der Waals surface area (Å²) in [5.41, 5.74) is 3.50. The summed E-state index contributed by atoms with van der Waals surface area (Å²) >= 11 is 0. The first-order valence-electron chi connectivity index (χ1n) is 13.5. The van der Waals surface area contributed by atoms with Gasteiger partial charge in [-0.2, -0.15) is 9.50 Å². The van der Waals surface area contributed by atoms with Crippen LogP contribution in [0.25, 0.3) is 5.78 Å². The molecule has 37 heavy (non-hydrogen) atoms. The second-order valence-electron chi connectivity index (χ2n) is 11.9. The summed E-state index contributed by atoms with van der Waals surface area (Å²) in [6.07, 6.45) is 7.93. The standard InChI is InChI=1S/C27H36N8O2/c1-16-23(17(2)35-25(30-16)31-19(4)32-35)37-21-6-7-34(12-21)20-8-28-24(29-9-20)27-13-26(14-27,18(27)3)15-33-10-22(11-33)36-5/h8-9,18,21-22H,6-7,10-15H2,1-5H3/t18-,21+,26?,27?/m0/s1. The number of methoxy groups -OCH3 is 1. The zero-order chi connectivity index (χ0) is 25.5. The summed E-state index contributed by atoms with van der Waals surface area (Å²) < 4.78 is 13.7. The Bertz CT molecular complexity index is 1340. The SMILES string of the molecule is COC1CN(CC23CC(c4ncc(N5CC[C@@H](Oc6c(C)nc7nc(C)nn7c6C)C5)cn4)(C2)[C@H]3C)C1. The Morgan fingerprint density at radius 3 is 2.49 bits per heavy atom. The third-order valence-electron chi connectivity index (χ3n) is 9.69. The minimum Gasteiger partial charge on any atom is -0.485 e. The number of hydrogen-bond donors (Lipinski definition) is 0. The average Bonchev–Trinajstić information content (AvgIpc) is 3.46. The molecule has 0 amide bonds. The van der Waals surface area contributed by atoms with Gasteiger partial charge in [0.2, 0.25) is 0 Å². The number of aryl methyl sites for hydroxylation is 3. The summed E-state index contributed by atoms with van der Waals surface area (Å²) in [7, 11) is 1.82. The van der Waals surface area contributed by atoms with E-state index in [-0.39, 0.29) is 11.5 Å². The molecule has 2 saturated heterocycles. The Morgan fingerprint density at radius 2 is 1.78 bits per heavy atom. The molecular formula is C27H36N8O2. The number of ether oxygens (including phenoxy) is 2. The van der Waals surface area contributed by atoms with Crippen molar-refractivity contribution in [1.82, 2.24) is 34.4 Å². The lowest BCUT2D eigenvalue weighted by atomic mass is 9.29. The first-order chi connectivity index (χ1) is 17.8. The third-order valence-corrected chi connectivity index (χ3v) is 9.69. The first-order valence-corrected chi connectivity index (χ1v) is 13.5. The number of hydrogen-bond acceptors (Lipinski definition) is 9. The number of aromatic nitrogens is 6. The molecule has 2 atom stereocenters. The Labute approximate surface area is 217 Å². The predicted molar refractivity (Wildman–Crippen MR) is 138 cm³/mol. The van der Waals surface area contributed by atoms with Gasteiger partial charge in [0.15, 0.2) is 5.75 Å². The molecule has 8 rings (SSSR count). The van der Waals surface area contributed by atoms with E-state index in [2.05, 4.69) is 31.8 Å². The smallest absolute Gasteiger partial charge is 0.253 e. The van der Waals surface area contributed by atoms with Crippen molar-refractivity contribution in [3.8, 4) is 5.75 Å². The maximum Gasteiger partial charge on any atom is 0.253 e. The van der Waals surface area contributed by atoms with Crippen LogP contribution in [-0.2, 0) is 10.2 Å². The minimum atomic E-state index is 0.0812. The molecule has 3 aliphatic carbocycles. The van der Waals surface area contributed by atoms with E-state index in [1.165, 1.54) is 19.4 Å². The highest BCUT2D eigenvalue weighted by atomic mass is 16.5. The Balaban J connectivity index is 0.985. The number of likely N-dealkylation sites (tertiary alicyclic amines) is 1. The zero-order valence-electron chi connectivity index (χ0n) is 22.4. The summed E-state index contributed by atoms with van der Waals surface area (Å²) in [6.45, 7) is 13.3. The number of anilines is 1. The van der Waals surface area contributed by atoms with Crippen LogP contribution in [0.15, 0.2) is 12.4 Å². The van der Waals surface area contributed by atoms with Crippen LogP contribution in [0.3, 0.4) is 0 Å². The lowest BCUT2D eigenvalue weighted by molar-refractivity contribution is -0.235. The van der Waals surface area contributed by atoms with Crippen molar-refractivity contribution in [2.24, 2.45) is 11.3 Å². The van der Waals surface area contributed by atoms with Crippen LogP contribution in [0.2, 0.25) is 0 Å². The van der Waals surface area contributed by atoms with Gasteiger partial charge < -0.3 is 14.4 Å². The van der Waals surface area contributed by atoms with Crippen molar-refractivity contribution >= 4 is 11.5 Å². The second kappa shape index (κ2) is 8.07. The molecule has 10 heteroatoms. The van der Waals surface area contributed by atoms with Gasteiger partial charge in [0.25, 0.3) is 5.78 Å². The van der Waals surface area contributed by atoms with Crippen LogP contribution in [0, 0.1) is 32.1 Å². The van der Waals surface area contributed by atoms with E-state index in [9.17, 15) is 0 Å². The van der Waals surface area contributed by atoms with Crippen molar-refractivity contribution in [3.05, 3.63) is 35.4 Å². The van der Waals surface area contributed by atoms with Crippen molar-refractivity contribution in [2.75, 3.05) is 44.7 Å². The second-order valence-corrected chi connectivity index (χ2v) is 11.9. The highest BCUT2D eigenvalue weighted by Gasteiger charge is 2.75. The molecule has 0 radical (unpaired) electrons. The fraction of sp³-hybridized carbons (Fsp3) is 0.667. The summed E-state index contributed by atoms with van der Waals surface area (Å²) in [4.78, 5) is 23.6. The molecule has 3 saturated carbocycles. The van der Waals surface area contributed by atoms with Crippen LogP contribution in [0.5, 0.6) is 5.75 Å². The van der Waals surface area contributed by atoms with Crippen molar-refractivity contribution in [2.45, 2.75) is 64.6 Å². The average molecular weight is 505 g/mol. The van der Waals surface area contributed by atoms with E-state index in [0.29, 0.717) is 29.0 Å². The van der Waals surface area contributed by atoms with Crippen molar-refractivity contribution in [3.63, 3.8) is 0 Å². The molecular weight excluding hydrogens is 468 g/mol. The molecule has 0 N–H and O–H groups in total. The van der Waals surface area contributed by atoms with Crippen LogP contribution in [0.1, 0.15) is 49.2 Å². The molecule has 10 nitrogen and oxygen atoms in total. The fourth-order valence-electron chi connectivity index (χ4n) is 7.39. The van der Waals surface area contributed by atoms with Gasteiger partial charge in [0.1, 0.15) is 17.8 Å². The number of nitrogens with zero attached hydrogens (tertiary/aromatic N) is 8. The van der Waals surface area contributed by atoms with Crippen LogP contribution in [-0.4, -0.2) is 86.5 Å². The zero-order valence-corrected chi connectivity index (χ0v) is 22.4. The molecule has 5 heterocycles. The van der Waals surface area contributed by atoms with Crippen LogP contribution < -0.4 is 9.64 Å². The molecule has 2 bridgehead atoms. The normalized spacial score (nSPS) is 31.3. The van der Waals surface area contributed by atoms with E-state index in [1.54, 1.807) is 4.52 Å². The van der Waals surface area contributed by atoms with Gasteiger partial charge in [-0.25, -0.2) is 15.0 Å². The molecule has 3 aromatic heterocycles. The van der Waals surface area contributed by atoms with E-state index in [4.69, 9.17) is 19.4 Å². The Morgan fingerprint density at radius 1 is 1.03 bits per heavy atom. The van der Waals surface area contributed by atoms with Gasteiger partial charge in [0.05, 0.1) is 42.1 Å². The first kappa shape index (κ1) is 23.3. The molecule has 196 valence electrons. The summed E-state index contributed by atoms with van der Waals surface area (Å²) in [6, 6.07) is 0. The van der Waals surface area contributed by atoms with Gasteiger partial charge in [0, 0.05) is 45.1 Å². The number of fused-ring (bicyclic) bond motifs is 1. The lowest BCUT2D eigenvalue weighted by Gasteiger charge is -2.76. The van der Waals surface area contributed by atoms with Crippen molar-refractivity contribution in [1.29, 1.82) is 0 Å². The lowest BCUT2D eigenvalue weighted by Crippen LogP contribution is -2.76. The summed E-state index contributed by atoms with van der Waals surface area (Å²) in [5.74, 6) is 3.81. The maximum absolute atomic E-state index is 6.46.